The topological polar surface area (TPSA) is 105 Å². The van der Waals surface area contributed by atoms with Crippen molar-refractivity contribution in [1.82, 2.24) is 10.6 Å². The van der Waals surface area contributed by atoms with Crippen molar-refractivity contribution in [2.45, 2.75) is 58.9 Å². The van der Waals surface area contributed by atoms with Crippen molar-refractivity contribution >= 4 is 18.0 Å². The number of carbonyl (C=O) groups is 3. The summed E-state index contributed by atoms with van der Waals surface area (Å²) in [4.78, 5) is 36.3. The summed E-state index contributed by atoms with van der Waals surface area (Å²) in [6.45, 7) is 9.18. The number of carboxylic acid groups (broad SMARTS) is 1. The van der Waals surface area contributed by atoms with E-state index in [9.17, 15) is 19.5 Å². The molecular formula is C28H36N2O5. The van der Waals surface area contributed by atoms with Gasteiger partial charge in [0.05, 0.1) is 5.41 Å². The fourth-order valence-electron chi connectivity index (χ4n) is 4.31. The third-order valence-corrected chi connectivity index (χ3v) is 7.33. The van der Waals surface area contributed by atoms with Gasteiger partial charge in [0.25, 0.3) is 0 Å². The molecule has 7 nitrogen and oxygen atoms in total. The Bertz CT molecular complexity index is 1050. The zero-order valence-electron chi connectivity index (χ0n) is 21.2. The number of ether oxygens (including phenoxy) is 1. The van der Waals surface area contributed by atoms with Crippen LogP contribution in [0.15, 0.2) is 48.5 Å². The minimum absolute atomic E-state index is 0.00706. The van der Waals surface area contributed by atoms with E-state index in [0.29, 0.717) is 13.0 Å². The van der Waals surface area contributed by atoms with E-state index in [1.165, 1.54) is 11.1 Å². The lowest BCUT2D eigenvalue weighted by Crippen LogP contribution is -2.57. The molecule has 2 amide bonds. The summed E-state index contributed by atoms with van der Waals surface area (Å²) in [5.41, 5.74) is 2.66. The lowest BCUT2D eigenvalue weighted by molar-refractivity contribution is -0.151. The van der Waals surface area contributed by atoms with Gasteiger partial charge in [-0.25, -0.2) is 4.79 Å². The normalized spacial score (nSPS) is 14.0. The minimum Gasteiger partial charge on any atom is -0.481 e. The fourth-order valence-corrected chi connectivity index (χ4v) is 4.31. The van der Waals surface area contributed by atoms with Crippen LogP contribution in [-0.2, 0) is 14.3 Å². The molecule has 35 heavy (non-hydrogen) atoms. The SMILES string of the molecule is CC(CCNC(=O)OCC1c2ccccc2-c2ccccc21)CC(=O)NC(C)(C)C(C)(C)C(=O)O. The van der Waals surface area contributed by atoms with E-state index < -0.39 is 23.0 Å². The molecule has 1 atom stereocenters. The van der Waals surface area contributed by atoms with Gasteiger partial charge in [-0.3, -0.25) is 9.59 Å². The van der Waals surface area contributed by atoms with Crippen LogP contribution >= 0.6 is 0 Å². The van der Waals surface area contributed by atoms with Crippen LogP contribution in [0.1, 0.15) is 64.5 Å². The van der Waals surface area contributed by atoms with E-state index in [-0.39, 0.29) is 30.8 Å². The minimum atomic E-state index is -1.11. The standard InChI is InChI=1S/C28H36N2O5/c1-18(16-24(31)30-28(4,5)27(2,3)25(32)33)14-15-29-26(34)35-17-23-21-12-8-6-10-19(21)20-11-7-9-13-22(20)23/h6-13,18,23H,14-17H2,1-5H3,(H,29,34)(H,30,31)(H,32,33). The Balaban J connectivity index is 1.43. The number of hydrogen-bond acceptors (Lipinski definition) is 4. The van der Waals surface area contributed by atoms with Crippen LogP contribution in [0.5, 0.6) is 0 Å². The monoisotopic (exact) mass is 480 g/mol. The summed E-state index contributed by atoms with van der Waals surface area (Å²) in [6.07, 6.45) is 0.360. The van der Waals surface area contributed by atoms with Gasteiger partial charge in [0.15, 0.2) is 0 Å². The van der Waals surface area contributed by atoms with Crippen molar-refractivity contribution in [1.29, 1.82) is 0 Å². The molecule has 3 rings (SSSR count). The highest BCUT2D eigenvalue weighted by atomic mass is 16.5. The molecule has 7 heteroatoms. The van der Waals surface area contributed by atoms with Gasteiger partial charge >= 0.3 is 12.1 Å². The van der Waals surface area contributed by atoms with Gasteiger partial charge in [-0.2, -0.15) is 0 Å². The summed E-state index contributed by atoms with van der Waals surface area (Å²) in [6, 6.07) is 16.4. The highest BCUT2D eigenvalue weighted by Gasteiger charge is 2.44. The molecule has 1 aliphatic carbocycles. The second-order valence-electron chi connectivity index (χ2n) is 10.5. The average molecular weight is 481 g/mol. The fraction of sp³-hybridized carbons (Fsp3) is 0.464. The molecule has 0 aromatic heterocycles. The van der Waals surface area contributed by atoms with Crippen LogP contribution in [0, 0.1) is 11.3 Å². The Labute approximate surface area is 207 Å². The number of hydrogen-bond donors (Lipinski definition) is 3. The van der Waals surface area contributed by atoms with Crippen molar-refractivity contribution in [3.8, 4) is 11.1 Å². The molecule has 3 N–H and O–H groups in total. The van der Waals surface area contributed by atoms with Crippen molar-refractivity contribution in [3.05, 3.63) is 59.7 Å². The predicted octanol–water partition coefficient (Wildman–Crippen LogP) is 4.95. The van der Waals surface area contributed by atoms with E-state index in [2.05, 4.69) is 34.9 Å². The maximum Gasteiger partial charge on any atom is 0.407 e. The Morgan fingerprint density at radius 3 is 2.06 bits per heavy atom. The lowest BCUT2D eigenvalue weighted by atomic mass is 9.74. The number of amides is 2. The Morgan fingerprint density at radius 1 is 0.971 bits per heavy atom. The van der Waals surface area contributed by atoms with Gasteiger partial charge in [0.2, 0.25) is 5.91 Å². The van der Waals surface area contributed by atoms with Crippen LogP contribution in [0.2, 0.25) is 0 Å². The number of carbonyl (C=O) groups excluding carboxylic acids is 2. The number of fused-ring (bicyclic) bond motifs is 3. The van der Waals surface area contributed by atoms with E-state index >= 15 is 0 Å². The maximum atomic E-state index is 12.5. The van der Waals surface area contributed by atoms with Gasteiger partial charge in [0, 0.05) is 24.4 Å². The van der Waals surface area contributed by atoms with Crippen LogP contribution in [0.4, 0.5) is 4.79 Å². The first kappa shape index (κ1) is 26.3. The number of nitrogens with one attached hydrogen (secondary N) is 2. The third kappa shape index (κ3) is 5.84. The molecule has 1 unspecified atom stereocenters. The second kappa shape index (κ2) is 10.5. The number of benzene rings is 2. The molecule has 0 saturated heterocycles. The van der Waals surface area contributed by atoms with Gasteiger partial charge in [-0.1, -0.05) is 55.5 Å². The van der Waals surface area contributed by atoms with Crippen molar-refractivity contribution in [3.63, 3.8) is 0 Å². The molecule has 188 valence electrons. The second-order valence-corrected chi connectivity index (χ2v) is 10.5. The van der Waals surface area contributed by atoms with Gasteiger partial charge in [-0.05, 0) is 62.3 Å². The van der Waals surface area contributed by atoms with Gasteiger partial charge in [-0.15, -0.1) is 0 Å². The molecular weight excluding hydrogens is 444 g/mol. The number of aliphatic carboxylic acids is 1. The van der Waals surface area contributed by atoms with Crippen molar-refractivity contribution < 1.29 is 24.2 Å². The average Bonchev–Trinajstić information content (AvgIpc) is 3.10. The number of carboxylic acids is 1. The lowest BCUT2D eigenvalue weighted by Gasteiger charge is -2.39. The molecule has 2 aromatic carbocycles. The molecule has 0 radical (unpaired) electrons. The van der Waals surface area contributed by atoms with E-state index in [1.807, 2.05) is 31.2 Å². The van der Waals surface area contributed by atoms with Crippen LogP contribution in [-0.4, -0.2) is 41.8 Å². The van der Waals surface area contributed by atoms with E-state index in [0.717, 1.165) is 11.1 Å². The molecule has 2 aromatic rings. The van der Waals surface area contributed by atoms with Crippen molar-refractivity contribution in [2.75, 3.05) is 13.2 Å². The van der Waals surface area contributed by atoms with E-state index in [4.69, 9.17) is 4.74 Å². The first-order valence-corrected chi connectivity index (χ1v) is 12.1. The summed E-state index contributed by atoms with van der Waals surface area (Å²) in [5.74, 6) is -1.16. The first-order chi connectivity index (χ1) is 16.4. The first-order valence-electron chi connectivity index (χ1n) is 12.1. The van der Waals surface area contributed by atoms with E-state index in [1.54, 1.807) is 27.7 Å². The number of rotatable bonds is 10. The molecule has 0 aliphatic heterocycles. The Hall–Kier alpha value is -3.35. The van der Waals surface area contributed by atoms with Crippen LogP contribution in [0.3, 0.4) is 0 Å². The highest BCUT2D eigenvalue weighted by molar-refractivity contribution is 5.81. The summed E-state index contributed by atoms with van der Waals surface area (Å²) >= 11 is 0. The Morgan fingerprint density at radius 2 is 1.51 bits per heavy atom. The zero-order chi connectivity index (χ0) is 25.8. The highest BCUT2D eigenvalue weighted by Crippen LogP contribution is 2.44. The molecule has 0 heterocycles. The summed E-state index contributed by atoms with van der Waals surface area (Å²) in [7, 11) is 0. The van der Waals surface area contributed by atoms with Crippen LogP contribution < -0.4 is 10.6 Å². The molecule has 0 saturated carbocycles. The summed E-state index contributed by atoms with van der Waals surface area (Å²) in [5, 5.41) is 15.1. The van der Waals surface area contributed by atoms with Gasteiger partial charge in [0.1, 0.15) is 6.61 Å². The summed E-state index contributed by atoms with van der Waals surface area (Å²) < 4.78 is 5.54. The van der Waals surface area contributed by atoms with Crippen LogP contribution in [0.25, 0.3) is 11.1 Å². The number of alkyl carbamates (subject to hydrolysis) is 1. The molecule has 1 aliphatic rings. The Kier molecular flexibility index (Phi) is 7.88. The molecule has 0 fully saturated rings. The van der Waals surface area contributed by atoms with Gasteiger partial charge < -0.3 is 20.5 Å². The molecule has 0 spiro atoms. The maximum absolute atomic E-state index is 12.5. The zero-order valence-corrected chi connectivity index (χ0v) is 21.2. The van der Waals surface area contributed by atoms with Crippen molar-refractivity contribution in [2.24, 2.45) is 11.3 Å². The third-order valence-electron chi connectivity index (χ3n) is 7.33. The molecule has 0 bridgehead atoms. The predicted molar refractivity (Wildman–Crippen MR) is 135 cm³/mol. The smallest absolute Gasteiger partial charge is 0.407 e. The largest absolute Gasteiger partial charge is 0.481 e. The quantitative estimate of drug-likeness (QED) is 0.446.